The molecule has 25 heavy (non-hydrogen) atoms. The molecule has 2 bridgehead atoms. The first-order valence-electron chi connectivity index (χ1n) is 8.13. The van der Waals surface area contributed by atoms with Gasteiger partial charge in [0, 0.05) is 27.2 Å². The smallest absolute Gasteiger partial charge is 0.252 e. The van der Waals surface area contributed by atoms with Crippen LogP contribution in [0, 0.1) is 0 Å². The Labute approximate surface area is 170 Å². The predicted molar refractivity (Wildman–Crippen MR) is 110 cm³/mol. The minimum atomic E-state index is -3.40. The number of hydrogen-bond acceptors (Lipinski definition) is 5. The van der Waals surface area contributed by atoms with E-state index < -0.39 is 10.0 Å². The van der Waals surface area contributed by atoms with Gasteiger partial charge in [0.15, 0.2) is 5.96 Å². The lowest BCUT2D eigenvalue weighted by molar-refractivity contribution is 0.0992. The number of nitrogens with one attached hydrogen (secondary N) is 2. The van der Waals surface area contributed by atoms with Crippen molar-refractivity contribution in [2.45, 2.75) is 41.7 Å². The number of rotatable bonds is 6. The Morgan fingerprint density at radius 2 is 2.28 bits per heavy atom. The van der Waals surface area contributed by atoms with Crippen molar-refractivity contribution >= 4 is 51.3 Å². The Balaban J connectivity index is 0.00000225. The fourth-order valence-electron chi connectivity index (χ4n) is 3.18. The minimum absolute atomic E-state index is 0. The maximum atomic E-state index is 12.4. The largest absolute Gasteiger partial charge is 0.373 e. The highest BCUT2D eigenvalue weighted by Crippen LogP contribution is 2.34. The van der Waals surface area contributed by atoms with Crippen molar-refractivity contribution in [3.05, 3.63) is 17.5 Å². The van der Waals surface area contributed by atoms with E-state index >= 15 is 0 Å². The van der Waals surface area contributed by atoms with Gasteiger partial charge in [0.25, 0.3) is 10.0 Å². The second kappa shape index (κ2) is 8.98. The molecule has 2 aliphatic heterocycles. The van der Waals surface area contributed by atoms with E-state index in [1.165, 1.54) is 15.6 Å². The molecule has 1 aromatic heterocycles. The molecule has 3 unspecified atom stereocenters. The molecule has 0 aliphatic carbocycles. The van der Waals surface area contributed by atoms with E-state index in [4.69, 9.17) is 4.74 Å². The average Bonchev–Trinajstić information content (AvgIpc) is 3.30. The third-order valence-corrected chi connectivity index (χ3v) is 7.76. The number of ether oxygens (including phenoxy) is 1. The van der Waals surface area contributed by atoms with E-state index in [9.17, 15) is 8.42 Å². The van der Waals surface area contributed by atoms with Gasteiger partial charge in [-0.15, -0.1) is 35.3 Å². The highest BCUT2D eigenvalue weighted by Gasteiger charge is 2.41. The molecule has 3 heterocycles. The van der Waals surface area contributed by atoms with Crippen LogP contribution in [-0.2, 0) is 14.8 Å². The first kappa shape index (κ1) is 20.9. The third kappa shape index (κ3) is 4.85. The molecular weight excluding hydrogens is 475 g/mol. The maximum absolute atomic E-state index is 12.4. The van der Waals surface area contributed by atoms with Crippen LogP contribution < -0.4 is 10.6 Å². The van der Waals surface area contributed by atoms with Crippen LogP contribution in [0.1, 0.15) is 19.3 Å². The van der Waals surface area contributed by atoms with Gasteiger partial charge in [0.1, 0.15) is 4.21 Å². The number of thiophene rings is 1. The molecule has 3 rings (SSSR count). The summed E-state index contributed by atoms with van der Waals surface area (Å²) < 4.78 is 32.3. The topological polar surface area (TPSA) is 83.0 Å². The molecule has 0 saturated carbocycles. The Hall–Kier alpha value is -0.430. The van der Waals surface area contributed by atoms with Crippen LogP contribution in [-0.4, -0.2) is 64.1 Å². The first-order chi connectivity index (χ1) is 11.5. The molecule has 0 amide bonds. The van der Waals surface area contributed by atoms with Crippen molar-refractivity contribution < 1.29 is 13.2 Å². The summed E-state index contributed by atoms with van der Waals surface area (Å²) in [6.45, 7) is 0.858. The number of guanidine groups is 1. The maximum Gasteiger partial charge on any atom is 0.252 e. The zero-order valence-electron chi connectivity index (χ0n) is 14.3. The zero-order valence-corrected chi connectivity index (χ0v) is 18.3. The fourth-order valence-corrected chi connectivity index (χ4v) is 5.55. The Morgan fingerprint density at radius 1 is 1.48 bits per heavy atom. The highest BCUT2D eigenvalue weighted by molar-refractivity contribution is 14.0. The molecule has 2 N–H and O–H groups in total. The highest BCUT2D eigenvalue weighted by atomic mass is 127. The van der Waals surface area contributed by atoms with Gasteiger partial charge in [-0.2, -0.15) is 4.31 Å². The average molecular weight is 500 g/mol. The van der Waals surface area contributed by atoms with Gasteiger partial charge >= 0.3 is 0 Å². The fraction of sp³-hybridized carbons (Fsp3) is 0.667. The number of sulfonamides is 1. The Morgan fingerprint density at radius 3 is 2.84 bits per heavy atom. The second-order valence-electron chi connectivity index (χ2n) is 6.12. The molecular formula is C15H25IN4O3S2. The summed E-state index contributed by atoms with van der Waals surface area (Å²) >= 11 is 1.23. The normalized spacial score (nSPS) is 25.9. The van der Waals surface area contributed by atoms with E-state index in [0.29, 0.717) is 35.4 Å². The summed E-state index contributed by atoms with van der Waals surface area (Å²) in [6, 6.07) is 3.66. The zero-order chi connectivity index (χ0) is 17.2. The molecule has 1 aromatic rings. The molecule has 0 radical (unpaired) electrons. The molecule has 0 aromatic carbocycles. The summed E-state index contributed by atoms with van der Waals surface area (Å²) in [4.78, 5) is 4.22. The Bertz CT molecular complexity index is 681. The van der Waals surface area contributed by atoms with Crippen molar-refractivity contribution in [2.75, 3.05) is 27.2 Å². The molecule has 2 fully saturated rings. The summed E-state index contributed by atoms with van der Waals surface area (Å²) in [7, 11) is -0.0863. The van der Waals surface area contributed by atoms with Crippen molar-refractivity contribution in [1.29, 1.82) is 0 Å². The van der Waals surface area contributed by atoms with Crippen LogP contribution in [0.3, 0.4) is 0 Å². The lowest BCUT2D eigenvalue weighted by Crippen LogP contribution is -2.48. The molecule has 2 saturated heterocycles. The van der Waals surface area contributed by atoms with E-state index in [1.54, 1.807) is 31.6 Å². The number of nitrogens with zero attached hydrogens (tertiary/aromatic N) is 2. The minimum Gasteiger partial charge on any atom is -0.373 e. The first-order valence-corrected chi connectivity index (χ1v) is 10.4. The molecule has 3 atom stereocenters. The summed E-state index contributed by atoms with van der Waals surface area (Å²) in [5.74, 6) is 0.693. The van der Waals surface area contributed by atoms with E-state index in [2.05, 4.69) is 15.6 Å². The van der Waals surface area contributed by atoms with Crippen LogP contribution >= 0.6 is 35.3 Å². The summed E-state index contributed by atoms with van der Waals surface area (Å²) in [5, 5.41) is 8.34. The molecule has 2 aliphatic rings. The van der Waals surface area contributed by atoms with Gasteiger partial charge in [-0.1, -0.05) is 6.07 Å². The van der Waals surface area contributed by atoms with Crippen molar-refractivity contribution in [3.63, 3.8) is 0 Å². The molecule has 0 spiro atoms. The van der Waals surface area contributed by atoms with Crippen LogP contribution in [0.4, 0.5) is 0 Å². The van der Waals surface area contributed by atoms with Gasteiger partial charge in [0.05, 0.1) is 18.2 Å². The van der Waals surface area contributed by atoms with E-state index in [1.807, 2.05) is 0 Å². The monoisotopic (exact) mass is 500 g/mol. The quantitative estimate of drug-likeness (QED) is 0.351. The molecule has 10 heteroatoms. The van der Waals surface area contributed by atoms with Crippen molar-refractivity contribution in [2.24, 2.45) is 4.99 Å². The van der Waals surface area contributed by atoms with Gasteiger partial charge < -0.3 is 15.4 Å². The molecule has 142 valence electrons. The second-order valence-corrected chi connectivity index (χ2v) is 9.34. The standard InChI is InChI=1S/C15H24N4O3S2.HI/c1-16-15(18-12-10-11-5-6-13(12)22-11)17-7-8-19(2)24(20,21)14-4-3-9-23-14;/h3-4,9,11-13H,5-8,10H2,1-2H3,(H2,16,17,18);1H. The number of halogens is 1. The number of hydrogen-bond donors (Lipinski definition) is 2. The SMILES string of the molecule is CN=C(NCCN(C)S(=O)(=O)c1cccs1)NC1CC2CCC1O2.I. The third-order valence-electron chi connectivity index (χ3n) is 4.53. The van der Waals surface area contributed by atoms with Gasteiger partial charge in [-0.25, -0.2) is 8.42 Å². The van der Waals surface area contributed by atoms with Gasteiger partial charge in [-0.05, 0) is 30.7 Å². The van der Waals surface area contributed by atoms with Crippen molar-refractivity contribution in [1.82, 2.24) is 14.9 Å². The molecule has 7 nitrogen and oxygen atoms in total. The van der Waals surface area contributed by atoms with Gasteiger partial charge in [0.2, 0.25) is 0 Å². The van der Waals surface area contributed by atoms with E-state index in [0.717, 1.165) is 19.3 Å². The van der Waals surface area contributed by atoms with Crippen LogP contribution in [0.25, 0.3) is 0 Å². The number of fused-ring (bicyclic) bond motifs is 2. The van der Waals surface area contributed by atoms with Crippen LogP contribution in [0.5, 0.6) is 0 Å². The van der Waals surface area contributed by atoms with Crippen LogP contribution in [0.15, 0.2) is 26.7 Å². The van der Waals surface area contributed by atoms with E-state index in [-0.39, 0.29) is 30.1 Å². The lowest BCUT2D eigenvalue weighted by Gasteiger charge is -2.23. The van der Waals surface area contributed by atoms with Crippen LogP contribution in [0.2, 0.25) is 0 Å². The Kier molecular flexibility index (Phi) is 7.50. The number of likely N-dealkylation sites (N-methyl/N-ethyl adjacent to an activating group) is 1. The summed E-state index contributed by atoms with van der Waals surface area (Å²) in [6.07, 6.45) is 3.92. The summed E-state index contributed by atoms with van der Waals surface area (Å²) in [5.41, 5.74) is 0. The van der Waals surface area contributed by atoms with Gasteiger partial charge in [-0.3, -0.25) is 4.99 Å². The predicted octanol–water partition coefficient (Wildman–Crippen LogP) is 1.47. The lowest BCUT2D eigenvalue weighted by atomic mass is 9.96. The van der Waals surface area contributed by atoms with Crippen molar-refractivity contribution in [3.8, 4) is 0 Å². The number of aliphatic imine (C=N–C) groups is 1.